The monoisotopic (exact) mass is 795 g/mol. The number of rotatable bonds is 2. The fourth-order valence-electron chi connectivity index (χ4n) is 10.9. The highest BCUT2D eigenvalue weighted by Gasteiger charge is 2.33. The van der Waals surface area contributed by atoms with Crippen LogP contribution in [-0.2, 0) is 21.6 Å². The zero-order valence-electron chi connectivity index (χ0n) is 40.3. The van der Waals surface area contributed by atoms with Gasteiger partial charge in [0.15, 0.2) is 7.28 Å². The summed E-state index contributed by atoms with van der Waals surface area (Å²) in [5.74, 6) is 0.436. The molecule has 0 saturated carbocycles. The minimum atomic E-state index is -0.209. The summed E-state index contributed by atoms with van der Waals surface area (Å²) in [6, 6.07) is 34.1. The Labute approximate surface area is 369 Å². The number of hydrogen-bond donors (Lipinski definition) is 0. The summed E-state index contributed by atoms with van der Waals surface area (Å²) in [4.78, 5) is 0. The summed E-state index contributed by atoms with van der Waals surface area (Å²) in [7, 11) is 10.5. The Bertz CT molecular complexity index is 3090. The number of aromatic nitrogens is 2. The molecule has 0 unspecified atom stereocenters. The first kappa shape index (κ1) is 41.6. The first-order valence-electron chi connectivity index (χ1n) is 22.9. The summed E-state index contributed by atoms with van der Waals surface area (Å²) >= 11 is 0. The Morgan fingerprint density at radius 3 is 1.69 bits per heavy atom. The third kappa shape index (κ3) is 6.33. The van der Waals surface area contributed by atoms with Crippen LogP contribution in [0.25, 0.3) is 66.1 Å². The van der Waals surface area contributed by atoms with Crippen molar-refractivity contribution < 1.29 is 0 Å². The second kappa shape index (κ2) is 13.6. The molecule has 0 amide bonds. The van der Waals surface area contributed by atoms with Gasteiger partial charge in [0.1, 0.15) is 31.4 Å². The predicted octanol–water partition coefficient (Wildman–Crippen LogP) is 6.91. The first-order valence-corrected chi connectivity index (χ1v) is 22.9. The van der Waals surface area contributed by atoms with E-state index in [1.807, 2.05) is 0 Å². The highest BCUT2D eigenvalue weighted by molar-refractivity contribution is 6.75. The molecule has 8 aromatic rings. The SMILES string of the molecule is Bc1c(B)c2c(B)c(B)c1BC(C)(C)c1ccc3c(c1)c1cc(C(C)C)ccc1n3-c1ccc3c(c1C(C)(C)C)c1c-2cccc1n3-c1cc(C(C)(C)C)cc(C(C)(C)C)c1. The Morgan fingerprint density at radius 2 is 1.11 bits per heavy atom. The molecule has 0 spiro atoms. The van der Waals surface area contributed by atoms with Crippen LogP contribution in [0, 0.1) is 0 Å². The van der Waals surface area contributed by atoms with Crippen molar-refractivity contribution in [3.05, 3.63) is 113 Å². The maximum Gasteiger partial charge on any atom is 0.167 e. The lowest BCUT2D eigenvalue weighted by Gasteiger charge is -2.30. The summed E-state index contributed by atoms with van der Waals surface area (Å²) < 4.78 is 5.22. The van der Waals surface area contributed by atoms with Gasteiger partial charge in [-0.05, 0) is 121 Å². The summed E-state index contributed by atoms with van der Waals surface area (Å²) in [5.41, 5.74) is 24.0. The Balaban J connectivity index is 1.57. The minimum Gasteiger partial charge on any atom is -0.309 e. The molecule has 3 aliphatic rings. The van der Waals surface area contributed by atoms with Crippen molar-refractivity contribution in [2.24, 2.45) is 0 Å². The van der Waals surface area contributed by atoms with Crippen LogP contribution in [0.2, 0.25) is 0 Å². The normalized spacial score (nSPS) is 14.3. The molecule has 0 aliphatic carbocycles. The molecule has 0 fully saturated rings. The van der Waals surface area contributed by atoms with Gasteiger partial charge in [-0.2, -0.15) is 0 Å². The Morgan fingerprint density at radius 1 is 0.557 bits per heavy atom. The molecule has 6 aromatic carbocycles. The van der Waals surface area contributed by atoms with Crippen LogP contribution < -0.4 is 27.3 Å². The van der Waals surface area contributed by atoms with Gasteiger partial charge in [0.2, 0.25) is 0 Å². The third-order valence-corrected chi connectivity index (χ3v) is 14.7. The van der Waals surface area contributed by atoms with Crippen LogP contribution in [0.4, 0.5) is 0 Å². The zero-order chi connectivity index (χ0) is 44.0. The van der Waals surface area contributed by atoms with Crippen LogP contribution >= 0.6 is 0 Å². The molecular formula is C54H63B5N2. The number of benzene rings is 6. The van der Waals surface area contributed by atoms with E-state index in [1.54, 1.807) is 0 Å². The topological polar surface area (TPSA) is 9.86 Å². The Kier molecular flexibility index (Phi) is 9.29. The smallest absolute Gasteiger partial charge is 0.167 e. The van der Waals surface area contributed by atoms with Crippen molar-refractivity contribution in [1.29, 1.82) is 0 Å². The molecular weight excluding hydrogens is 731 g/mol. The largest absolute Gasteiger partial charge is 0.309 e. The van der Waals surface area contributed by atoms with Crippen molar-refractivity contribution in [3.63, 3.8) is 0 Å². The van der Waals surface area contributed by atoms with Crippen LogP contribution in [0.15, 0.2) is 84.9 Å². The maximum atomic E-state index is 2.61. The van der Waals surface area contributed by atoms with E-state index in [1.165, 1.54) is 121 Å². The lowest BCUT2D eigenvalue weighted by Crippen LogP contribution is -2.60. The van der Waals surface area contributed by atoms with Gasteiger partial charge in [-0.3, -0.25) is 0 Å². The molecule has 0 atom stereocenters. The molecule has 7 heteroatoms. The van der Waals surface area contributed by atoms with Gasteiger partial charge in [0.05, 0.1) is 27.8 Å². The van der Waals surface area contributed by atoms with Crippen molar-refractivity contribution in [2.45, 2.75) is 117 Å². The van der Waals surface area contributed by atoms with E-state index in [9.17, 15) is 0 Å². The van der Waals surface area contributed by atoms with Crippen LogP contribution in [0.1, 0.15) is 124 Å². The minimum absolute atomic E-state index is 0.0151. The molecule has 8 bridgehead atoms. The van der Waals surface area contributed by atoms with E-state index in [2.05, 4.69) is 215 Å². The van der Waals surface area contributed by atoms with E-state index in [4.69, 9.17) is 0 Å². The summed E-state index contributed by atoms with van der Waals surface area (Å²) in [6.07, 6.45) is 0. The third-order valence-electron chi connectivity index (χ3n) is 14.7. The lowest BCUT2D eigenvalue weighted by molar-refractivity contribution is 0.568. The Hall–Kier alpha value is -4.76. The molecule has 304 valence electrons. The number of nitrogens with zero attached hydrogens (tertiary/aromatic N) is 2. The van der Waals surface area contributed by atoms with Crippen LogP contribution in [0.3, 0.4) is 0 Å². The molecule has 2 aromatic heterocycles. The van der Waals surface area contributed by atoms with Gasteiger partial charge < -0.3 is 9.13 Å². The maximum absolute atomic E-state index is 2.61. The van der Waals surface area contributed by atoms with Gasteiger partial charge >= 0.3 is 0 Å². The number of hydrogen-bond acceptors (Lipinski definition) is 0. The van der Waals surface area contributed by atoms with E-state index in [0.29, 0.717) is 5.92 Å². The van der Waals surface area contributed by atoms with E-state index < -0.39 is 0 Å². The van der Waals surface area contributed by atoms with E-state index in [-0.39, 0.29) is 21.6 Å². The molecule has 0 radical (unpaired) electrons. The fraction of sp³-hybridized carbons (Fsp3) is 0.333. The van der Waals surface area contributed by atoms with Crippen LogP contribution in [-0.4, -0.2) is 47.8 Å². The van der Waals surface area contributed by atoms with E-state index >= 15 is 0 Å². The second-order valence-electron chi connectivity index (χ2n) is 22.8. The van der Waals surface area contributed by atoms with Crippen molar-refractivity contribution in [3.8, 4) is 22.5 Å². The quantitative estimate of drug-likeness (QED) is 0.169. The highest BCUT2D eigenvalue weighted by atomic mass is 15.0. The molecule has 3 aliphatic heterocycles. The fourth-order valence-corrected chi connectivity index (χ4v) is 10.9. The molecule has 11 rings (SSSR count). The van der Waals surface area contributed by atoms with Crippen molar-refractivity contribution in [1.82, 2.24) is 9.13 Å². The zero-order valence-corrected chi connectivity index (χ0v) is 40.3. The standard InChI is InChI=1S/C54H63B5N2/c1-28(2)29-17-19-37-35(23-29)36-27-30-18-20-38(36)61(37)41-22-21-40-44(45(41)53(9,10)11)42-34(43-46(55)48(57)50(49(58)47(43)56)59-54(30,12)13)15-14-16-39(42)60(40)33-25-31(51(3,4)5)24-32(26-33)52(6,7)8/h14-28,59H,55-58H2,1-13H3. The van der Waals surface area contributed by atoms with Crippen molar-refractivity contribution >= 4 is 110 Å². The van der Waals surface area contributed by atoms with Gasteiger partial charge in [-0.25, -0.2) is 0 Å². The highest BCUT2D eigenvalue weighted by Crippen LogP contribution is 2.47. The van der Waals surface area contributed by atoms with Crippen molar-refractivity contribution in [2.75, 3.05) is 0 Å². The predicted molar refractivity (Wildman–Crippen MR) is 283 cm³/mol. The van der Waals surface area contributed by atoms with Crippen LogP contribution in [0.5, 0.6) is 0 Å². The summed E-state index contributed by atoms with van der Waals surface area (Å²) in [6.45, 7) is 30.9. The number of fused-ring (bicyclic) bond motifs is 2. The van der Waals surface area contributed by atoms with Gasteiger partial charge in [0, 0.05) is 27.2 Å². The average molecular weight is 794 g/mol. The lowest BCUT2D eigenvalue weighted by atomic mass is 9.42. The van der Waals surface area contributed by atoms with E-state index in [0.717, 1.165) is 7.28 Å². The van der Waals surface area contributed by atoms with Gasteiger partial charge in [-0.1, -0.05) is 137 Å². The van der Waals surface area contributed by atoms with Gasteiger partial charge in [0.25, 0.3) is 0 Å². The molecule has 0 N–H and O–H groups in total. The first-order chi connectivity index (χ1) is 28.4. The molecule has 5 heterocycles. The molecule has 0 saturated heterocycles. The molecule has 61 heavy (non-hydrogen) atoms. The summed E-state index contributed by atoms with van der Waals surface area (Å²) in [5, 5.41) is 5.29. The van der Waals surface area contributed by atoms with Gasteiger partial charge in [-0.15, -0.1) is 10.9 Å². The second-order valence-corrected chi connectivity index (χ2v) is 22.8. The molecule has 2 nitrogen and oxygen atoms in total. The average Bonchev–Trinajstić information content (AvgIpc) is 3.69.